The van der Waals surface area contributed by atoms with Gasteiger partial charge in [-0.3, -0.25) is 9.52 Å². The van der Waals surface area contributed by atoms with Crippen LogP contribution in [0.1, 0.15) is 28.8 Å². The average molecular weight is 451 g/mol. The van der Waals surface area contributed by atoms with E-state index in [1.807, 2.05) is 31.2 Å². The Morgan fingerprint density at radius 3 is 2.38 bits per heavy atom. The third-order valence-electron chi connectivity index (χ3n) is 5.53. The molecule has 1 aliphatic heterocycles. The number of anilines is 1. The molecular weight excluding hydrogens is 424 g/mol. The van der Waals surface area contributed by atoms with E-state index in [9.17, 15) is 13.2 Å². The van der Waals surface area contributed by atoms with Crippen LogP contribution in [0, 0.1) is 6.92 Å². The zero-order valence-corrected chi connectivity index (χ0v) is 18.7. The maximum absolute atomic E-state index is 12.8. The second-order valence-corrected chi connectivity index (χ2v) is 9.55. The number of nitrogens with one attached hydrogen (secondary N) is 2. The van der Waals surface area contributed by atoms with E-state index in [2.05, 4.69) is 10.0 Å². The van der Waals surface area contributed by atoms with E-state index >= 15 is 0 Å². The molecule has 32 heavy (non-hydrogen) atoms. The lowest BCUT2D eigenvalue weighted by Crippen LogP contribution is -2.31. The standard InChI is InChI=1S/C25H26N2O4S/c1-18-5-2-3-7-24(18)19-10-14-23(15-11-19)32(29,30)27-21-12-8-20(9-13-21)25(28)26-17-22-6-4-16-31-22/h2-3,5,7-15,22,27H,4,6,16-17H2,1H3,(H,26,28)/t22-/m0/s1. The maximum Gasteiger partial charge on any atom is 0.261 e. The molecule has 0 aromatic heterocycles. The number of hydrogen-bond donors (Lipinski definition) is 2. The van der Waals surface area contributed by atoms with Crippen molar-refractivity contribution in [1.82, 2.24) is 5.32 Å². The van der Waals surface area contributed by atoms with Crippen molar-refractivity contribution >= 4 is 21.6 Å². The summed E-state index contributed by atoms with van der Waals surface area (Å²) in [5, 5.41) is 2.85. The van der Waals surface area contributed by atoms with Gasteiger partial charge in [-0.1, -0.05) is 36.4 Å². The van der Waals surface area contributed by atoms with Crippen LogP contribution in [0.5, 0.6) is 0 Å². The molecule has 6 nitrogen and oxygen atoms in total. The van der Waals surface area contributed by atoms with Gasteiger partial charge in [-0.2, -0.15) is 0 Å². The molecule has 0 radical (unpaired) electrons. The van der Waals surface area contributed by atoms with Crippen LogP contribution in [0.4, 0.5) is 5.69 Å². The fraction of sp³-hybridized carbons (Fsp3) is 0.240. The molecule has 0 aliphatic carbocycles. The Labute approximate surface area is 188 Å². The second-order valence-electron chi connectivity index (χ2n) is 7.87. The molecule has 166 valence electrons. The SMILES string of the molecule is Cc1ccccc1-c1ccc(S(=O)(=O)Nc2ccc(C(=O)NC[C@@H]3CCCO3)cc2)cc1. The number of rotatable bonds is 7. The fourth-order valence-electron chi connectivity index (χ4n) is 3.73. The molecule has 1 amide bonds. The number of benzene rings is 3. The molecular formula is C25H26N2O4S. The van der Waals surface area contributed by atoms with E-state index in [1.54, 1.807) is 48.5 Å². The van der Waals surface area contributed by atoms with Gasteiger partial charge in [-0.25, -0.2) is 8.42 Å². The van der Waals surface area contributed by atoms with Gasteiger partial charge in [-0.15, -0.1) is 0 Å². The predicted octanol–water partition coefficient (Wildman–Crippen LogP) is 4.37. The first-order chi connectivity index (χ1) is 15.4. The van der Waals surface area contributed by atoms with E-state index in [0.29, 0.717) is 17.8 Å². The van der Waals surface area contributed by atoms with Crippen molar-refractivity contribution in [2.24, 2.45) is 0 Å². The molecule has 4 rings (SSSR count). The van der Waals surface area contributed by atoms with Crippen LogP contribution in [0.15, 0.2) is 77.7 Å². The minimum Gasteiger partial charge on any atom is -0.376 e. The van der Waals surface area contributed by atoms with Crippen molar-refractivity contribution < 1.29 is 17.9 Å². The normalized spacial score (nSPS) is 16.0. The molecule has 1 saturated heterocycles. The highest BCUT2D eigenvalue weighted by Crippen LogP contribution is 2.25. The topological polar surface area (TPSA) is 84.5 Å². The van der Waals surface area contributed by atoms with E-state index in [-0.39, 0.29) is 16.9 Å². The van der Waals surface area contributed by atoms with Crippen molar-refractivity contribution in [3.8, 4) is 11.1 Å². The molecule has 1 atom stereocenters. The van der Waals surface area contributed by atoms with E-state index in [4.69, 9.17) is 4.74 Å². The third kappa shape index (κ3) is 5.18. The van der Waals surface area contributed by atoms with Gasteiger partial charge in [0.2, 0.25) is 0 Å². The summed E-state index contributed by atoms with van der Waals surface area (Å²) in [7, 11) is -3.74. The molecule has 0 bridgehead atoms. The molecule has 2 N–H and O–H groups in total. The quantitative estimate of drug-likeness (QED) is 0.560. The Morgan fingerprint density at radius 2 is 1.72 bits per heavy atom. The number of ether oxygens (including phenoxy) is 1. The van der Waals surface area contributed by atoms with Gasteiger partial charge in [0.1, 0.15) is 0 Å². The summed E-state index contributed by atoms with van der Waals surface area (Å²) in [4.78, 5) is 12.5. The molecule has 1 aliphatic rings. The monoisotopic (exact) mass is 450 g/mol. The first-order valence-corrected chi connectivity index (χ1v) is 12.1. The van der Waals surface area contributed by atoms with Crippen LogP contribution in [-0.4, -0.2) is 33.6 Å². The largest absolute Gasteiger partial charge is 0.376 e. The van der Waals surface area contributed by atoms with Gasteiger partial charge in [0.25, 0.3) is 15.9 Å². The first-order valence-electron chi connectivity index (χ1n) is 10.6. The average Bonchev–Trinajstić information content (AvgIpc) is 3.32. The van der Waals surface area contributed by atoms with Gasteiger partial charge in [0.05, 0.1) is 11.0 Å². The predicted molar refractivity (Wildman–Crippen MR) is 125 cm³/mol. The number of carbonyl (C=O) groups excluding carboxylic acids is 1. The summed E-state index contributed by atoms with van der Waals surface area (Å²) in [5.41, 5.74) is 4.01. The first kappa shape index (κ1) is 22.0. The smallest absolute Gasteiger partial charge is 0.261 e. The summed E-state index contributed by atoms with van der Waals surface area (Å²) >= 11 is 0. The lowest BCUT2D eigenvalue weighted by Gasteiger charge is -2.12. The molecule has 0 unspecified atom stereocenters. The van der Waals surface area contributed by atoms with Crippen LogP contribution in [-0.2, 0) is 14.8 Å². The van der Waals surface area contributed by atoms with Crippen LogP contribution in [0.25, 0.3) is 11.1 Å². The van der Waals surface area contributed by atoms with Crippen molar-refractivity contribution in [1.29, 1.82) is 0 Å². The molecule has 0 spiro atoms. The van der Waals surface area contributed by atoms with Crippen LogP contribution < -0.4 is 10.0 Å². The van der Waals surface area contributed by atoms with E-state index < -0.39 is 10.0 Å². The van der Waals surface area contributed by atoms with Gasteiger partial charge < -0.3 is 10.1 Å². The molecule has 0 saturated carbocycles. The summed E-state index contributed by atoms with van der Waals surface area (Å²) < 4.78 is 33.6. The number of hydrogen-bond acceptors (Lipinski definition) is 4. The van der Waals surface area contributed by atoms with E-state index in [1.165, 1.54) is 0 Å². The van der Waals surface area contributed by atoms with Crippen molar-refractivity contribution in [3.05, 3.63) is 83.9 Å². The van der Waals surface area contributed by atoms with Gasteiger partial charge in [-0.05, 0) is 72.9 Å². The minimum absolute atomic E-state index is 0.0715. The Bertz CT molecular complexity index is 1180. The van der Waals surface area contributed by atoms with Gasteiger partial charge >= 0.3 is 0 Å². The number of aryl methyl sites for hydroxylation is 1. The molecule has 3 aromatic rings. The summed E-state index contributed by atoms with van der Waals surface area (Å²) in [6.07, 6.45) is 2.04. The van der Waals surface area contributed by atoms with Crippen LogP contribution in [0.3, 0.4) is 0 Å². The van der Waals surface area contributed by atoms with E-state index in [0.717, 1.165) is 36.1 Å². The van der Waals surface area contributed by atoms with Crippen LogP contribution in [0.2, 0.25) is 0 Å². The van der Waals surface area contributed by atoms with Crippen molar-refractivity contribution in [2.45, 2.75) is 30.8 Å². The van der Waals surface area contributed by atoms with Crippen molar-refractivity contribution in [3.63, 3.8) is 0 Å². The Balaban J connectivity index is 1.40. The fourth-order valence-corrected chi connectivity index (χ4v) is 4.79. The highest BCUT2D eigenvalue weighted by Gasteiger charge is 2.17. The summed E-state index contributed by atoms with van der Waals surface area (Å²) in [6.45, 7) is 3.24. The number of sulfonamides is 1. The highest BCUT2D eigenvalue weighted by atomic mass is 32.2. The second kappa shape index (κ2) is 9.54. The van der Waals surface area contributed by atoms with Gasteiger partial charge in [0, 0.05) is 24.4 Å². The Morgan fingerprint density at radius 1 is 1.00 bits per heavy atom. The number of amides is 1. The third-order valence-corrected chi connectivity index (χ3v) is 6.93. The van der Waals surface area contributed by atoms with Gasteiger partial charge in [0.15, 0.2) is 0 Å². The molecule has 3 aromatic carbocycles. The number of carbonyl (C=O) groups is 1. The Hall–Kier alpha value is -3.16. The zero-order valence-electron chi connectivity index (χ0n) is 17.9. The minimum atomic E-state index is -3.74. The maximum atomic E-state index is 12.8. The Kier molecular flexibility index (Phi) is 6.58. The lowest BCUT2D eigenvalue weighted by molar-refractivity contribution is 0.0858. The highest BCUT2D eigenvalue weighted by molar-refractivity contribution is 7.92. The zero-order chi connectivity index (χ0) is 22.6. The van der Waals surface area contributed by atoms with Crippen molar-refractivity contribution in [2.75, 3.05) is 17.9 Å². The summed E-state index contributed by atoms with van der Waals surface area (Å²) in [5.74, 6) is -0.207. The molecule has 1 heterocycles. The van der Waals surface area contributed by atoms with Crippen LogP contribution >= 0.6 is 0 Å². The molecule has 7 heteroatoms. The summed E-state index contributed by atoms with van der Waals surface area (Å²) in [6, 6.07) is 21.1. The molecule has 1 fully saturated rings. The lowest BCUT2D eigenvalue weighted by atomic mass is 10.0.